The number of hydrogen-bond acceptors (Lipinski definition) is 7. The summed E-state index contributed by atoms with van der Waals surface area (Å²) in [6.07, 6.45) is 1.92. The van der Waals surface area contributed by atoms with E-state index in [1.807, 2.05) is 24.3 Å². The third-order valence-electron chi connectivity index (χ3n) is 4.96. The molecule has 0 aliphatic carbocycles. The fraction of sp³-hybridized carbons (Fsp3) is 0.200. The van der Waals surface area contributed by atoms with Gasteiger partial charge in [-0.05, 0) is 40.2 Å². The Morgan fingerprint density at radius 1 is 0.966 bits per heavy atom. The van der Waals surface area contributed by atoms with Crippen molar-refractivity contribution in [3.8, 4) is 0 Å². The minimum absolute atomic E-state index is 0.174. The summed E-state index contributed by atoms with van der Waals surface area (Å²) in [6, 6.07) is 14.4. The van der Waals surface area contributed by atoms with Crippen molar-refractivity contribution < 1.29 is 4.79 Å². The molecule has 0 radical (unpaired) electrons. The number of fused-ring (bicyclic) bond motifs is 1. The summed E-state index contributed by atoms with van der Waals surface area (Å²) in [5.74, 6) is 0.567. The summed E-state index contributed by atoms with van der Waals surface area (Å²) in [4.78, 5) is 21.7. The van der Waals surface area contributed by atoms with Crippen molar-refractivity contribution >= 4 is 68.8 Å². The van der Waals surface area contributed by atoms with Gasteiger partial charge >= 0.3 is 0 Å². The Morgan fingerprint density at radius 3 is 2.48 bits per heavy atom. The molecule has 1 saturated heterocycles. The number of benzene rings is 2. The molecule has 2 aliphatic heterocycles. The number of piperazine rings is 1. The average molecular weight is 442 g/mol. The predicted molar refractivity (Wildman–Crippen MR) is 121 cm³/mol. The highest BCUT2D eigenvalue weighted by Crippen LogP contribution is 2.32. The number of thioether (sulfide) groups is 1. The Labute approximate surface area is 181 Å². The third kappa shape index (κ3) is 3.75. The van der Waals surface area contributed by atoms with Crippen molar-refractivity contribution in [1.82, 2.24) is 13.6 Å². The van der Waals surface area contributed by atoms with E-state index in [0.29, 0.717) is 10.1 Å². The van der Waals surface area contributed by atoms with Crippen LogP contribution in [0.3, 0.4) is 0 Å². The molecule has 0 atom stereocenters. The summed E-state index contributed by atoms with van der Waals surface area (Å²) in [5.41, 5.74) is 1.01. The Kier molecular flexibility index (Phi) is 4.99. The van der Waals surface area contributed by atoms with Gasteiger partial charge in [0.1, 0.15) is 0 Å². The molecule has 0 spiro atoms. The standard InChI is InChI=1S/C20H16ClN5OS2/c21-17-18(24-29-23-17)25-7-9-26(10-8-25)20-22-19(27)16(28-20)12-13-5-6-14-3-1-2-4-15(14)11-13/h1-6,11-12H,7-10H2. The van der Waals surface area contributed by atoms with Crippen LogP contribution in [0, 0.1) is 0 Å². The zero-order valence-corrected chi connectivity index (χ0v) is 17.7. The Hall–Kier alpha value is -2.42. The van der Waals surface area contributed by atoms with Crippen LogP contribution in [0.15, 0.2) is 52.4 Å². The van der Waals surface area contributed by atoms with Gasteiger partial charge < -0.3 is 9.80 Å². The van der Waals surface area contributed by atoms with Gasteiger partial charge in [0.25, 0.3) is 5.91 Å². The van der Waals surface area contributed by atoms with Crippen LogP contribution in [-0.4, -0.2) is 50.9 Å². The molecule has 2 aromatic carbocycles. The topological polar surface area (TPSA) is 61.7 Å². The van der Waals surface area contributed by atoms with E-state index in [-0.39, 0.29) is 5.91 Å². The van der Waals surface area contributed by atoms with E-state index < -0.39 is 0 Å². The lowest BCUT2D eigenvalue weighted by molar-refractivity contribution is -0.113. The van der Waals surface area contributed by atoms with E-state index in [0.717, 1.165) is 59.8 Å². The zero-order chi connectivity index (χ0) is 19.8. The molecule has 3 heterocycles. The second kappa shape index (κ2) is 7.78. The molecule has 6 nitrogen and oxygen atoms in total. The highest BCUT2D eigenvalue weighted by molar-refractivity contribution is 8.18. The van der Waals surface area contributed by atoms with Gasteiger partial charge in [-0.2, -0.15) is 13.7 Å². The summed E-state index contributed by atoms with van der Waals surface area (Å²) in [6.45, 7) is 3.05. The summed E-state index contributed by atoms with van der Waals surface area (Å²) in [5, 5.41) is 3.56. The van der Waals surface area contributed by atoms with Crippen LogP contribution in [0.4, 0.5) is 5.82 Å². The molecule has 1 aromatic heterocycles. The summed E-state index contributed by atoms with van der Waals surface area (Å²) in [7, 11) is 0. The molecule has 0 unspecified atom stereocenters. The molecule has 29 heavy (non-hydrogen) atoms. The summed E-state index contributed by atoms with van der Waals surface area (Å²) < 4.78 is 8.29. The van der Waals surface area contributed by atoms with Gasteiger partial charge in [-0.3, -0.25) is 4.79 Å². The maximum absolute atomic E-state index is 12.4. The SMILES string of the molecule is O=C1N=C(N2CCN(c3nsnc3Cl)CC2)SC1=Cc1ccc2ccccc2c1. The van der Waals surface area contributed by atoms with Crippen molar-refractivity contribution in [3.05, 3.63) is 58.1 Å². The summed E-state index contributed by atoms with van der Waals surface area (Å²) >= 11 is 8.65. The van der Waals surface area contributed by atoms with Crippen LogP contribution in [0.25, 0.3) is 16.8 Å². The maximum atomic E-state index is 12.4. The number of hydrogen-bond donors (Lipinski definition) is 0. The van der Waals surface area contributed by atoms with Crippen molar-refractivity contribution in [1.29, 1.82) is 0 Å². The first-order valence-corrected chi connectivity index (χ1v) is 11.1. The number of aliphatic imine (C=N–C) groups is 1. The van der Waals surface area contributed by atoms with Gasteiger partial charge in [0, 0.05) is 26.2 Å². The molecule has 1 fully saturated rings. The van der Waals surface area contributed by atoms with Gasteiger partial charge in [-0.1, -0.05) is 48.0 Å². The molecular weight excluding hydrogens is 426 g/mol. The van der Waals surface area contributed by atoms with Crippen LogP contribution in [0.5, 0.6) is 0 Å². The van der Waals surface area contributed by atoms with Crippen molar-refractivity contribution in [2.45, 2.75) is 0 Å². The Morgan fingerprint density at radius 2 is 1.72 bits per heavy atom. The van der Waals surface area contributed by atoms with E-state index in [1.165, 1.54) is 17.1 Å². The number of rotatable bonds is 2. The second-order valence-electron chi connectivity index (χ2n) is 6.77. The number of amides is 1. The van der Waals surface area contributed by atoms with Crippen LogP contribution in [0.2, 0.25) is 5.15 Å². The monoisotopic (exact) mass is 441 g/mol. The van der Waals surface area contributed by atoms with Gasteiger partial charge in [-0.25, -0.2) is 0 Å². The smallest absolute Gasteiger partial charge is 0.286 e. The fourth-order valence-electron chi connectivity index (χ4n) is 3.45. The normalized spacial score (nSPS) is 18.7. The van der Waals surface area contributed by atoms with Crippen LogP contribution in [0.1, 0.15) is 5.56 Å². The van der Waals surface area contributed by atoms with Crippen LogP contribution < -0.4 is 4.90 Å². The number of carbonyl (C=O) groups is 1. The quantitative estimate of drug-likeness (QED) is 0.557. The molecule has 1 amide bonds. The number of amidine groups is 1. The third-order valence-corrected chi connectivity index (χ3v) is 6.88. The minimum atomic E-state index is -0.174. The number of aromatic nitrogens is 2. The highest BCUT2D eigenvalue weighted by atomic mass is 35.5. The van der Waals surface area contributed by atoms with Crippen molar-refractivity contribution in [2.24, 2.45) is 4.99 Å². The van der Waals surface area contributed by atoms with Crippen LogP contribution >= 0.6 is 35.1 Å². The van der Waals surface area contributed by atoms with E-state index in [4.69, 9.17) is 11.6 Å². The minimum Gasteiger partial charge on any atom is -0.350 e. The lowest BCUT2D eigenvalue weighted by Gasteiger charge is -2.35. The molecule has 3 aromatic rings. The molecule has 146 valence electrons. The lowest BCUT2D eigenvalue weighted by Crippen LogP contribution is -2.48. The highest BCUT2D eigenvalue weighted by Gasteiger charge is 2.29. The molecule has 0 saturated carbocycles. The first-order valence-electron chi connectivity index (χ1n) is 9.17. The van der Waals surface area contributed by atoms with Crippen molar-refractivity contribution in [3.63, 3.8) is 0 Å². The first kappa shape index (κ1) is 18.6. The zero-order valence-electron chi connectivity index (χ0n) is 15.3. The van der Waals surface area contributed by atoms with E-state index >= 15 is 0 Å². The number of anilines is 1. The average Bonchev–Trinajstić information content (AvgIpc) is 3.34. The van der Waals surface area contributed by atoms with E-state index in [9.17, 15) is 4.79 Å². The van der Waals surface area contributed by atoms with Crippen LogP contribution in [-0.2, 0) is 4.79 Å². The molecule has 0 bridgehead atoms. The van der Waals surface area contributed by atoms with Gasteiger partial charge in [0.05, 0.1) is 16.6 Å². The number of carbonyl (C=O) groups excluding carboxylic acids is 1. The first-order chi connectivity index (χ1) is 14.2. The second-order valence-corrected chi connectivity index (χ2v) is 8.67. The van der Waals surface area contributed by atoms with E-state index in [1.54, 1.807) is 0 Å². The largest absolute Gasteiger partial charge is 0.350 e. The maximum Gasteiger partial charge on any atom is 0.286 e. The van der Waals surface area contributed by atoms with Gasteiger partial charge in [0.15, 0.2) is 16.1 Å². The Balaban J connectivity index is 1.28. The molecular formula is C20H16ClN5OS2. The molecule has 2 aliphatic rings. The predicted octanol–water partition coefficient (Wildman–Crippen LogP) is 4.14. The molecule has 9 heteroatoms. The fourth-order valence-corrected chi connectivity index (χ4v) is 5.20. The Bertz CT molecular complexity index is 1150. The number of halogens is 1. The van der Waals surface area contributed by atoms with Gasteiger partial charge in [-0.15, -0.1) is 0 Å². The molecule has 0 N–H and O–H groups in total. The van der Waals surface area contributed by atoms with Crippen molar-refractivity contribution in [2.75, 3.05) is 31.1 Å². The van der Waals surface area contributed by atoms with Gasteiger partial charge in [0.2, 0.25) is 0 Å². The molecule has 5 rings (SSSR count). The number of nitrogens with zero attached hydrogens (tertiary/aromatic N) is 5. The van der Waals surface area contributed by atoms with E-state index in [2.05, 4.69) is 47.8 Å². The lowest BCUT2D eigenvalue weighted by atomic mass is 10.1.